The van der Waals surface area contributed by atoms with Crippen LogP contribution < -0.4 is 5.43 Å². The molecule has 0 bridgehead atoms. The van der Waals surface area contributed by atoms with E-state index in [-0.39, 0.29) is 22.9 Å². The molecule has 0 spiro atoms. The van der Waals surface area contributed by atoms with Gasteiger partial charge in [-0.15, -0.1) is 0 Å². The van der Waals surface area contributed by atoms with Crippen molar-refractivity contribution in [2.75, 3.05) is 0 Å². The van der Waals surface area contributed by atoms with E-state index in [4.69, 9.17) is 0 Å². The molecule has 3 aromatic carbocycles. The summed E-state index contributed by atoms with van der Waals surface area (Å²) in [5, 5.41) is 14.9. The van der Waals surface area contributed by atoms with Crippen LogP contribution in [0, 0.1) is 29.9 Å². The Balaban J connectivity index is 1.55. The van der Waals surface area contributed by atoms with Crippen LogP contribution in [-0.2, 0) is 10.2 Å². The second kappa shape index (κ2) is 8.14. The predicted molar refractivity (Wildman–Crippen MR) is 120 cm³/mol. The lowest BCUT2D eigenvalue weighted by Gasteiger charge is -2.19. The van der Waals surface area contributed by atoms with Gasteiger partial charge in [0.05, 0.1) is 17.1 Å². The zero-order valence-corrected chi connectivity index (χ0v) is 17.4. The van der Waals surface area contributed by atoms with Gasteiger partial charge in [-0.25, -0.2) is 5.43 Å². The number of hydrazone groups is 1. The fourth-order valence-electron chi connectivity index (χ4n) is 4.05. The van der Waals surface area contributed by atoms with Crippen molar-refractivity contribution in [2.45, 2.75) is 25.7 Å². The summed E-state index contributed by atoms with van der Waals surface area (Å²) in [6.07, 6.45) is 2.13. The van der Waals surface area contributed by atoms with Gasteiger partial charge in [-0.05, 0) is 31.4 Å². The highest BCUT2D eigenvalue weighted by Crippen LogP contribution is 2.59. The summed E-state index contributed by atoms with van der Waals surface area (Å²) >= 11 is 0. The van der Waals surface area contributed by atoms with Gasteiger partial charge >= 0.3 is 0 Å². The Bertz CT molecular complexity index is 1110. The van der Waals surface area contributed by atoms with Crippen molar-refractivity contribution in [1.82, 2.24) is 5.43 Å². The molecule has 1 amide bonds. The summed E-state index contributed by atoms with van der Waals surface area (Å²) in [7, 11) is 0. The number of rotatable bonds is 6. The molecule has 1 fully saturated rings. The lowest BCUT2D eigenvalue weighted by atomic mass is 9.85. The summed E-state index contributed by atoms with van der Waals surface area (Å²) in [6.45, 7) is 4.09. The van der Waals surface area contributed by atoms with Crippen LogP contribution in [0.1, 0.15) is 34.2 Å². The number of non-ortho nitro benzene ring substituents is 1. The second-order valence-corrected chi connectivity index (χ2v) is 8.05. The van der Waals surface area contributed by atoms with Gasteiger partial charge in [0.25, 0.3) is 5.69 Å². The van der Waals surface area contributed by atoms with Gasteiger partial charge in [-0.2, -0.15) is 5.10 Å². The molecule has 1 aliphatic rings. The first-order chi connectivity index (χ1) is 14.9. The van der Waals surface area contributed by atoms with Gasteiger partial charge in [0.2, 0.25) is 5.91 Å². The standard InChI is InChI=1S/C25H23N3O3/c1-17-6-10-20(11-7-17)25(21-12-8-18(2)9-13-21)15-23(25)24(29)27-26-16-19-4-3-5-22(14-19)28(30)31/h3-14,16,23H,15H2,1-2H3,(H,27,29)/b26-16-/t23-/m1/s1. The second-order valence-electron chi connectivity index (χ2n) is 8.05. The average Bonchev–Trinajstić information content (AvgIpc) is 3.52. The number of nitro benzene ring substituents is 1. The van der Waals surface area contributed by atoms with E-state index in [0.29, 0.717) is 12.0 Å². The Kier molecular flexibility index (Phi) is 5.38. The minimum Gasteiger partial charge on any atom is -0.273 e. The number of hydrogen-bond donors (Lipinski definition) is 1. The zero-order valence-electron chi connectivity index (χ0n) is 17.4. The maximum absolute atomic E-state index is 12.9. The van der Waals surface area contributed by atoms with Crippen molar-refractivity contribution in [3.05, 3.63) is 111 Å². The number of nitrogens with zero attached hydrogens (tertiary/aromatic N) is 2. The van der Waals surface area contributed by atoms with Gasteiger partial charge in [-0.3, -0.25) is 14.9 Å². The van der Waals surface area contributed by atoms with Crippen molar-refractivity contribution >= 4 is 17.8 Å². The van der Waals surface area contributed by atoms with Crippen LogP contribution in [0.2, 0.25) is 0 Å². The van der Waals surface area contributed by atoms with Gasteiger partial charge in [0.1, 0.15) is 0 Å². The van der Waals surface area contributed by atoms with Crippen LogP contribution in [0.3, 0.4) is 0 Å². The number of benzene rings is 3. The molecule has 0 heterocycles. The third kappa shape index (κ3) is 4.10. The average molecular weight is 413 g/mol. The van der Waals surface area contributed by atoms with Crippen LogP contribution in [-0.4, -0.2) is 17.0 Å². The molecule has 0 saturated heterocycles. The lowest BCUT2D eigenvalue weighted by molar-refractivity contribution is -0.384. The molecule has 6 heteroatoms. The summed E-state index contributed by atoms with van der Waals surface area (Å²) in [4.78, 5) is 23.4. The van der Waals surface area contributed by atoms with Crippen LogP contribution in [0.15, 0.2) is 77.9 Å². The molecule has 0 unspecified atom stereocenters. The largest absolute Gasteiger partial charge is 0.273 e. The zero-order chi connectivity index (χ0) is 22.0. The Morgan fingerprint density at radius 1 is 1.03 bits per heavy atom. The molecule has 1 saturated carbocycles. The molecule has 0 aliphatic heterocycles. The maximum atomic E-state index is 12.9. The first-order valence-corrected chi connectivity index (χ1v) is 10.1. The molecule has 1 atom stereocenters. The number of nitrogens with one attached hydrogen (secondary N) is 1. The molecular formula is C25H23N3O3. The molecule has 0 radical (unpaired) electrons. The number of aryl methyl sites for hydroxylation is 2. The molecule has 4 rings (SSSR count). The van der Waals surface area contributed by atoms with E-state index in [1.807, 2.05) is 13.8 Å². The van der Waals surface area contributed by atoms with Crippen LogP contribution >= 0.6 is 0 Å². The summed E-state index contributed by atoms with van der Waals surface area (Å²) in [5.74, 6) is -0.400. The van der Waals surface area contributed by atoms with Gasteiger partial charge in [0, 0.05) is 23.1 Å². The maximum Gasteiger partial charge on any atom is 0.270 e. The molecule has 1 N–H and O–H groups in total. The van der Waals surface area contributed by atoms with Crippen LogP contribution in [0.4, 0.5) is 5.69 Å². The summed E-state index contributed by atoms with van der Waals surface area (Å²) in [5.41, 5.74) is 7.36. The number of carbonyl (C=O) groups is 1. The Labute approximate surface area is 180 Å². The minimum atomic E-state index is -0.461. The number of nitro groups is 1. The van der Waals surface area contributed by atoms with Crippen molar-refractivity contribution in [2.24, 2.45) is 11.0 Å². The Hall–Kier alpha value is -3.80. The Morgan fingerprint density at radius 2 is 1.61 bits per heavy atom. The van der Waals surface area contributed by atoms with E-state index in [0.717, 1.165) is 11.1 Å². The third-order valence-electron chi connectivity index (χ3n) is 5.88. The lowest BCUT2D eigenvalue weighted by Crippen LogP contribution is -2.25. The molecule has 0 aromatic heterocycles. The molecule has 3 aromatic rings. The first-order valence-electron chi connectivity index (χ1n) is 10.1. The predicted octanol–water partition coefficient (Wildman–Crippen LogP) is 4.67. The van der Waals surface area contributed by atoms with E-state index < -0.39 is 4.92 Å². The number of carbonyl (C=O) groups excluding carboxylic acids is 1. The summed E-state index contributed by atoms with van der Waals surface area (Å²) < 4.78 is 0. The highest BCUT2D eigenvalue weighted by Gasteiger charge is 2.60. The molecule has 6 nitrogen and oxygen atoms in total. The van der Waals surface area contributed by atoms with Crippen LogP contribution in [0.25, 0.3) is 0 Å². The van der Waals surface area contributed by atoms with Crippen molar-refractivity contribution in [3.8, 4) is 0 Å². The Morgan fingerprint density at radius 3 is 2.16 bits per heavy atom. The normalized spacial score (nSPS) is 16.8. The van der Waals surface area contributed by atoms with E-state index in [2.05, 4.69) is 59.1 Å². The fourth-order valence-corrected chi connectivity index (χ4v) is 4.05. The minimum absolute atomic E-state index is 0.0183. The topological polar surface area (TPSA) is 84.6 Å². The van der Waals surface area contributed by atoms with Crippen molar-refractivity contribution in [3.63, 3.8) is 0 Å². The third-order valence-corrected chi connectivity index (χ3v) is 5.88. The highest BCUT2D eigenvalue weighted by atomic mass is 16.6. The molecular weight excluding hydrogens is 390 g/mol. The number of amides is 1. The quantitative estimate of drug-likeness (QED) is 0.362. The van der Waals surface area contributed by atoms with Gasteiger partial charge < -0.3 is 0 Å². The van der Waals surface area contributed by atoms with E-state index >= 15 is 0 Å². The van der Waals surface area contributed by atoms with E-state index in [9.17, 15) is 14.9 Å². The highest BCUT2D eigenvalue weighted by molar-refractivity contribution is 5.88. The summed E-state index contributed by atoms with van der Waals surface area (Å²) in [6, 6.07) is 22.8. The SMILES string of the molecule is Cc1ccc(C2(c3ccc(C)cc3)C[C@@H]2C(=O)N/N=C\c2cccc([N+](=O)[O-])c2)cc1. The van der Waals surface area contributed by atoms with E-state index in [1.165, 1.54) is 29.5 Å². The van der Waals surface area contributed by atoms with Crippen LogP contribution in [0.5, 0.6) is 0 Å². The van der Waals surface area contributed by atoms with E-state index in [1.54, 1.807) is 12.1 Å². The van der Waals surface area contributed by atoms with Crippen molar-refractivity contribution in [1.29, 1.82) is 0 Å². The smallest absolute Gasteiger partial charge is 0.270 e. The molecule has 1 aliphatic carbocycles. The van der Waals surface area contributed by atoms with Crippen molar-refractivity contribution < 1.29 is 9.72 Å². The number of hydrogen-bond acceptors (Lipinski definition) is 4. The molecule has 156 valence electrons. The molecule has 31 heavy (non-hydrogen) atoms. The first kappa shape index (κ1) is 20.5. The fraction of sp³-hybridized carbons (Fsp3) is 0.200. The monoisotopic (exact) mass is 413 g/mol. The van der Waals surface area contributed by atoms with Gasteiger partial charge in [-0.1, -0.05) is 71.8 Å². The van der Waals surface area contributed by atoms with Gasteiger partial charge in [0.15, 0.2) is 0 Å².